The molecule has 0 spiro atoms. The van der Waals surface area contributed by atoms with Crippen LogP contribution in [-0.4, -0.2) is 21.5 Å². The van der Waals surface area contributed by atoms with Crippen molar-refractivity contribution in [3.8, 4) is 0 Å². The smallest absolute Gasteiger partial charge is 0.188 e. The van der Waals surface area contributed by atoms with Gasteiger partial charge in [-0.1, -0.05) is 25.6 Å². The summed E-state index contributed by atoms with van der Waals surface area (Å²) in [5.74, 6) is 0.784. The summed E-state index contributed by atoms with van der Waals surface area (Å²) in [6.45, 7) is 7.68. The van der Waals surface area contributed by atoms with Gasteiger partial charge in [-0.15, -0.1) is 0 Å². The third kappa shape index (κ3) is 4.00. The Morgan fingerprint density at radius 2 is 1.87 bits per heavy atom. The van der Waals surface area contributed by atoms with E-state index in [1.54, 1.807) is 0 Å². The molecule has 0 unspecified atom stereocenters. The van der Waals surface area contributed by atoms with Gasteiger partial charge in [0.1, 0.15) is 5.78 Å². The fourth-order valence-electron chi connectivity index (χ4n) is 1.06. The van der Waals surface area contributed by atoms with Gasteiger partial charge in [0, 0.05) is 17.3 Å². The highest BCUT2D eigenvalue weighted by atomic mass is 32.2. The van der Waals surface area contributed by atoms with Crippen molar-refractivity contribution >= 4 is 17.5 Å². The summed E-state index contributed by atoms with van der Waals surface area (Å²) < 4.78 is 0. The Bertz CT molecular complexity index is 343. The van der Waals surface area contributed by atoms with Crippen LogP contribution in [0, 0.1) is 19.8 Å². The van der Waals surface area contributed by atoms with E-state index in [1.165, 1.54) is 11.8 Å². The van der Waals surface area contributed by atoms with E-state index in [2.05, 4.69) is 9.97 Å². The molecule has 0 radical (unpaired) electrons. The van der Waals surface area contributed by atoms with Gasteiger partial charge in [-0.3, -0.25) is 4.79 Å². The Balaban J connectivity index is 2.61. The van der Waals surface area contributed by atoms with Crippen LogP contribution >= 0.6 is 11.8 Å². The summed E-state index contributed by atoms with van der Waals surface area (Å²) in [5.41, 5.74) is 1.89. The molecule has 0 saturated heterocycles. The van der Waals surface area contributed by atoms with Crippen LogP contribution in [0.4, 0.5) is 0 Å². The van der Waals surface area contributed by atoms with E-state index in [1.807, 2.05) is 33.8 Å². The number of carbonyl (C=O) groups excluding carboxylic acids is 1. The number of thioether (sulfide) groups is 1. The standard InChI is InChI=1S/C11H16N2OS/c1-7(2)10(14)6-15-11-12-8(3)5-9(4)13-11/h5,7H,6H2,1-4H3. The molecule has 4 heteroatoms. The molecule has 15 heavy (non-hydrogen) atoms. The van der Waals surface area contributed by atoms with Crippen molar-refractivity contribution in [2.75, 3.05) is 5.75 Å². The van der Waals surface area contributed by atoms with E-state index < -0.39 is 0 Å². The number of ketones is 1. The second-order valence-corrected chi connectivity index (χ2v) is 4.79. The number of aromatic nitrogens is 2. The monoisotopic (exact) mass is 224 g/mol. The minimum Gasteiger partial charge on any atom is -0.298 e. The van der Waals surface area contributed by atoms with Gasteiger partial charge in [-0.25, -0.2) is 9.97 Å². The third-order valence-electron chi connectivity index (χ3n) is 1.95. The van der Waals surface area contributed by atoms with Crippen molar-refractivity contribution in [3.05, 3.63) is 17.5 Å². The van der Waals surface area contributed by atoms with Crippen LogP contribution in [0.3, 0.4) is 0 Å². The number of carbonyl (C=O) groups is 1. The first kappa shape index (κ1) is 12.2. The highest BCUT2D eigenvalue weighted by Gasteiger charge is 2.09. The van der Waals surface area contributed by atoms with E-state index in [-0.39, 0.29) is 11.7 Å². The normalized spacial score (nSPS) is 10.7. The average Bonchev–Trinajstić information content (AvgIpc) is 2.12. The van der Waals surface area contributed by atoms with Crippen molar-refractivity contribution in [2.45, 2.75) is 32.9 Å². The molecule has 82 valence electrons. The molecule has 0 aliphatic heterocycles. The lowest BCUT2D eigenvalue weighted by molar-refractivity contribution is -0.119. The maximum absolute atomic E-state index is 11.4. The quantitative estimate of drug-likeness (QED) is 0.582. The Hall–Kier alpha value is -0.900. The van der Waals surface area contributed by atoms with Crippen molar-refractivity contribution < 1.29 is 4.79 Å². The molecule has 0 fully saturated rings. The Morgan fingerprint density at radius 3 is 2.33 bits per heavy atom. The molecule has 0 saturated carbocycles. The van der Waals surface area contributed by atoms with Gasteiger partial charge >= 0.3 is 0 Å². The van der Waals surface area contributed by atoms with Crippen molar-refractivity contribution in [2.24, 2.45) is 5.92 Å². The number of aryl methyl sites for hydroxylation is 2. The first-order valence-corrected chi connectivity index (χ1v) is 5.95. The first-order chi connectivity index (χ1) is 6.99. The second-order valence-electron chi connectivity index (χ2n) is 3.84. The Morgan fingerprint density at radius 1 is 1.33 bits per heavy atom. The summed E-state index contributed by atoms with van der Waals surface area (Å²) in [6, 6.07) is 1.92. The van der Waals surface area contributed by atoms with Crippen LogP contribution in [-0.2, 0) is 4.79 Å². The third-order valence-corrected chi connectivity index (χ3v) is 2.82. The zero-order chi connectivity index (χ0) is 11.4. The summed E-state index contributed by atoms with van der Waals surface area (Å²) in [4.78, 5) is 19.9. The van der Waals surface area contributed by atoms with Crippen molar-refractivity contribution in [1.82, 2.24) is 9.97 Å². The molecule has 0 atom stereocenters. The van der Waals surface area contributed by atoms with Gasteiger partial charge in [0.25, 0.3) is 0 Å². The van der Waals surface area contributed by atoms with Gasteiger partial charge in [0.15, 0.2) is 5.16 Å². The second kappa shape index (κ2) is 5.26. The summed E-state index contributed by atoms with van der Waals surface area (Å²) in [5, 5.41) is 0.696. The highest BCUT2D eigenvalue weighted by molar-refractivity contribution is 7.99. The summed E-state index contributed by atoms with van der Waals surface area (Å²) in [6.07, 6.45) is 0. The van der Waals surface area contributed by atoms with Crippen LogP contribution in [0.15, 0.2) is 11.2 Å². The predicted molar refractivity (Wildman–Crippen MR) is 62.1 cm³/mol. The molecule has 1 aromatic heterocycles. The molecular formula is C11H16N2OS. The predicted octanol–water partition coefficient (Wildman–Crippen LogP) is 2.41. The average molecular weight is 224 g/mol. The van der Waals surface area contributed by atoms with Crippen LogP contribution < -0.4 is 0 Å². The van der Waals surface area contributed by atoms with Gasteiger partial charge in [0.05, 0.1) is 5.75 Å². The van der Waals surface area contributed by atoms with Gasteiger partial charge in [0.2, 0.25) is 0 Å². The van der Waals surface area contributed by atoms with E-state index >= 15 is 0 Å². The maximum Gasteiger partial charge on any atom is 0.188 e. The minimum absolute atomic E-state index is 0.0865. The Kier molecular flexibility index (Phi) is 4.27. The zero-order valence-electron chi connectivity index (χ0n) is 9.57. The van der Waals surface area contributed by atoms with E-state index in [4.69, 9.17) is 0 Å². The SMILES string of the molecule is Cc1cc(C)nc(SCC(=O)C(C)C)n1. The molecule has 1 heterocycles. The van der Waals surface area contributed by atoms with Gasteiger partial charge in [-0.2, -0.15) is 0 Å². The lowest BCUT2D eigenvalue weighted by Crippen LogP contribution is -2.10. The fraction of sp³-hybridized carbons (Fsp3) is 0.545. The largest absolute Gasteiger partial charge is 0.298 e. The molecular weight excluding hydrogens is 208 g/mol. The number of hydrogen-bond acceptors (Lipinski definition) is 4. The highest BCUT2D eigenvalue weighted by Crippen LogP contribution is 2.15. The van der Waals surface area contributed by atoms with Gasteiger partial charge in [-0.05, 0) is 19.9 Å². The summed E-state index contributed by atoms with van der Waals surface area (Å²) in [7, 11) is 0. The number of nitrogens with zero attached hydrogens (tertiary/aromatic N) is 2. The molecule has 1 aromatic rings. The lowest BCUT2D eigenvalue weighted by Gasteiger charge is -2.04. The molecule has 1 rings (SSSR count). The maximum atomic E-state index is 11.4. The zero-order valence-corrected chi connectivity index (χ0v) is 10.4. The fourth-order valence-corrected chi connectivity index (χ4v) is 2.08. The number of Topliss-reactive ketones (excluding diaryl/α,β-unsaturated/α-hetero) is 1. The van der Waals surface area contributed by atoms with Gasteiger partial charge < -0.3 is 0 Å². The van der Waals surface area contributed by atoms with E-state index in [0.717, 1.165) is 11.4 Å². The van der Waals surface area contributed by atoms with Crippen molar-refractivity contribution in [3.63, 3.8) is 0 Å². The van der Waals surface area contributed by atoms with E-state index in [0.29, 0.717) is 10.9 Å². The minimum atomic E-state index is 0.0865. The lowest BCUT2D eigenvalue weighted by atomic mass is 10.1. The van der Waals surface area contributed by atoms with Crippen LogP contribution in [0.25, 0.3) is 0 Å². The molecule has 0 N–H and O–H groups in total. The van der Waals surface area contributed by atoms with E-state index in [9.17, 15) is 4.79 Å². The molecule has 0 bridgehead atoms. The van der Waals surface area contributed by atoms with Crippen molar-refractivity contribution in [1.29, 1.82) is 0 Å². The van der Waals surface area contributed by atoms with Crippen LogP contribution in [0.2, 0.25) is 0 Å². The topological polar surface area (TPSA) is 42.9 Å². The van der Waals surface area contributed by atoms with Crippen LogP contribution in [0.1, 0.15) is 25.2 Å². The molecule has 0 aromatic carbocycles. The molecule has 0 amide bonds. The first-order valence-electron chi connectivity index (χ1n) is 4.97. The molecule has 0 aliphatic rings. The number of hydrogen-bond donors (Lipinski definition) is 0. The molecule has 3 nitrogen and oxygen atoms in total. The summed E-state index contributed by atoms with van der Waals surface area (Å²) >= 11 is 1.41. The number of rotatable bonds is 4. The van der Waals surface area contributed by atoms with Crippen LogP contribution in [0.5, 0.6) is 0 Å². The Labute approximate surface area is 94.7 Å². The molecule has 0 aliphatic carbocycles.